The third kappa shape index (κ3) is 5.83. The summed E-state index contributed by atoms with van der Waals surface area (Å²) >= 11 is 0. The van der Waals surface area contributed by atoms with Crippen molar-refractivity contribution >= 4 is 16.0 Å². The Kier molecular flexibility index (Phi) is 7.28. The molecule has 0 saturated carbocycles. The second kappa shape index (κ2) is 10.5. The molecule has 1 aliphatic rings. The topological polar surface area (TPSA) is 139 Å². The van der Waals surface area contributed by atoms with Gasteiger partial charge >= 0.3 is 5.97 Å². The van der Waals surface area contributed by atoms with Crippen molar-refractivity contribution in [3.63, 3.8) is 0 Å². The van der Waals surface area contributed by atoms with Gasteiger partial charge in [-0.1, -0.05) is 5.16 Å². The van der Waals surface area contributed by atoms with Crippen molar-refractivity contribution < 1.29 is 36.7 Å². The molecular weight excluding hydrogens is 466 g/mol. The number of hydrogen-bond donors (Lipinski definition) is 1. The highest BCUT2D eigenvalue weighted by Gasteiger charge is 2.19. The number of sulfonamides is 1. The molecule has 0 saturated heterocycles. The average molecular weight is 490 g/mol. The van der Waals surface area contributed by atoms with E-state index >= 15 is 0 Å². The SMILES string of the molecule is COc1ccc(-c2nc(COC(=O)CCCNS(=O)(=O)c3ccc4c(c3)OCCO4)no2)cc1. The fourth-order valence-corrected chi connectivity index (χ4v) is 4.18. The van der Waals surface area contributed by atoms with Gasteiger partial charge in [0.15, 0.2) is 18.1 Å². The van der Waals surface area contributed by atoms with Gasteiger partial charge in [-0.25, -0.2) is 13.1 Å². The highest BCUT2D eigenvalue weighted by molar-refractivity contribution is 7.89. The van der Waals surface area contributed by atoms with E-state index in [-0.39, 0.29) is 36.7 Å². The molecule has 4 rings (SSSR count). The number of methoxy groups -OCH3 is 1. The number of benzene rings is 2. The lowest BCUT2D eigenvalue weighted by Gasteiger charge is -2.18. The minimum absolute atomic E-state index is 0.0207. The first-order valence-corrected chi connectivity index (χ1v) is 11.9. The molecule has 0 aliphatic carbocycles. The lowest BCUT2D eigenvalue weighted by Crippen LogP contribution is -2.25. The molecule has 34 heavy (non-hydrogen) atoms. The summed E-state index contributed by atoms with van der Waals surface area (Å²) < 4.78 is 53.6. The fraction of sp³-hybridized carbons (Fsp3) is 0.318. The Bertz CT molecular complexity index is 1240. The van der Waals surface area contributed by atoms with Crippen LogP contribution in [0.25, 0.3) is 11.5 Å². The van der Waals surface area contributed by atoms with Gasteiger partial charge in [-0.3, -0.25) is 4.79 Å². The van der Waals surface area contributed by atoms with Crippen molar-refractivity contribution in [1.82, 2.24) is 14.9 Å². The third-order valence-corrected chi connectivity index (χ3v) is 6.30. The van der Waals surface area contributed by atoms with E-state index in [9.17, 15) is 13.2 Å². The molecular formula is C22H23N3O8S. The predicted octanol–water partition coefficient (Wildman–Crippen LogP) is 2.32. The second-order valence-corrected chi connectivity index (χ2v) is 8.98. The van der Waals surface area contributed by atoms with Crippen LogP contribution in [-0.2, 0) is 26.2 Å². The molecule has 0 spiro atoms. The van der Waals surface area contributed by atoms with Crippen LogP contribution in [0.2, 0.25) is 0 Å². The quantitative estimate of drug-likeness (QED) is 0.333. The Morgan fingerprint density at radius 1 is 1.09 bits per heavy atom. The lowest BCUT2D eigenvalue weighted by molar-refractivity contribution is -0.145. The molecule has 12 heteroatoms. The van der Waals surface area contributed by atoms with E-state index < -0.39 is 16.0 Å². The van der Waals surface area contributed by atoms with Gasteiger partial charge in [-0.2, -0.15) is 4.98 Å². The number of carbonyl (C=O) groups is 1. The van der Waals surface area contributed by atoms with Crippen LogP contribution < -0.4 is 18.9 Å². The van der Waals surface area contributed by atoms with Gasteiger partial charge in [0.25, 0.3) is 5.89 Å². The van der Waals surface area contributed by atoms with Crippen molar-refractivity contribution in [3.8, 4) is 28.7 Å². The molecule has 180 valence electrons. The van der Waals surface area contributed by atoms with Crippen molar-refractivity contribution in [2.75, 3.05) is 26.9 Å². The molecule has 0 bridgehead atoms. The Balaban J connectivity index is 1.20. The van der Waals surface area contributed by atoms with Crippen LogP contribution in [0.1, 0.15) is 18.7 Å². The van der Waals surface area contributed by atoms with Gasteiger partial charge in [0.1, 0.15) is 19.0 Å². The van der Waals surface area contributed by atoms with Crippen molar-refractivity contribution in [1.29, 1.82) is 0 Å². The summed E-state index contributed by atoms with van der Waals surface area (Å²) in [5.74, 6) is 1.60. The van der Waals surface area contributed by atoms with Crippen LogP contribution in [0, 0.1) is 0 Å². The zero-order chi connectivity index (χ0) is 24.0. The first-order valence-electron chi connectivity index (χ1n) is 10.5. The number of ether oxygens (including phenoxy) is 4. The van der Waals surface area contributed by atoms with Crippen LogP contribution >= 0.6 is 0 Å². The van der Waals surface area contributed by atoms with E-state index in [0.29, 0.717) is 41.9 Å². The van der Waals surface area contributed by atoms with Gasteiger partial charge in [0.05, 0.1) is 12.0 Å². The molecule has 1 aromatic heterocycles. The number of aromatic nitrogens is 2. The van der Waals surface area contributed by atoms with Crippen LogP contribution in [0.3, 0.4) is 0 Å². The number of carbonyl (C=O) groups excluding carboxylic acids is 1. The summed E-state index contributed by atoms with van der Waals surface area (Å²) in [6.45, 7) is 0.694. The summed E-state index contributed by atoms with van der Waals surface area (Å²) in [7, 11) is -2.18. The lowest BCUT2D eigenvalue weighted by atomic mass is 10.2. The van der Waals surface area contributed by atoms with Gasteiger partial charge in [-0.05, 0) is 42.8 Å². The molecule has 3 aromatic rings. The summed E-state index contributed by atoms with van der Waals surface area (Å²) in [5.41, 5.74) is 0.705. The van der Waals surface area contributed by atoms with Crippen molar-refractivity contribution in [2.24, 2.45) is 0 Å². The standard InChI is InChI=1S/C22H23N3O8S/c1-29-16-6-4-15(5-7-16)22-24-20(25-33-22)14-32-21(26)3-2-10-23-34(27,28)17-8-9-18-19(13-17)31-12-11-30-18/h4-9,13,23H,2-3,10-12,14H2,1H3. The van der Waals surface area contributed by atoms with Crippen LogP contribution in [-0.4, -0.2) is 51.4 Å². The Labute approximate surface area is 196 Å². The van der Waals surface area contributed by atoms with E-state index in [2.05, 4.69) is 14.9 Å². The number of esters is 1. The Hall–Kier alpha value is -3.64. The number of nitrogens with zero attached hydrogens (tertiary/aromatic N) is 2. The fourth-order valence-electron chi connectivity index (χ4n) is 3.09. The first kappa shape index (κ1) is 23.5. The highest BCUT2D eigenvalue weighted by Crippen LogP contribution is 2.32. The van der Waals surface area contributed by atoms with Gasteiger partial charge in [0, 0.05) is 24.6 Å². The molecule has 1 N–H and O–H groups in total. The molecule has 0 amide bonds. The maximum atomic E-state index is 12.5. The normalized spacial score (nSPS) is 12.9. The van der Waals surface area contributed by atoms with Crippen molar-refractivity contribution in [3.05, 3.63) is 48.3 Å². The van der Waals surface area contributed by atoms with Crippen LogP contribution in [0.15, 0.2) is 51.9 Å². The maximum Gasteiger partial charge on any atom is 0.306 e. The zero-order valence-electron chi connectivity index (χ0n) is 18.4. The van der Waals surface area contributed by atoms with Crippen LogP contribution in [0.5, 0.6) is 17.2 Å². The molecule has 2 heterocycles. The summed E-state index contributed by atoms with van der Waals surface area (Å²) in [4.78, 5) is 16.2. The largest absolute Gasteiger partial charge is 0.497 e. The maximum absolute atomic E-state index is 12.5. The van der Waals surface area contributed by atoms with E-state index in [1.807, 2.05) is 0 Å². The number of rotatable bonds is 10. The number of fused-ring (bicyclic) bond motifs is 1. The van der Waals surface area contributed by atoms with E-state index in [4.69, 9.17) is 23.5 Å². The van der Waals surface area contributed by atoms with Gasteiger partial charge in [-0.15, -0.1) is 0 Å². The van der Waals surface area contributed by atoms with Crippen molar-refractivity contribution in [2.45, 2.75) is 24.3 Å². The molecule has 11 nitrogen and oxygen atoms in total. The Morgan fingerprint density at radius 2 is 1.85 bits per heavy atom. The highest BCUT2D eigenvalue weighted by atomic mass is 32.2. The molecule has 0 fully saturated rings. The molecule has 0 radical (unpaired) electrons. The van der Waals surface area contributed by atoms with E-state index in [1.165, 1.54) is 12.1 Å². The van der Waals surface area contributed by atoms with Crippen LogP contribution in [0.4, 0.5) is 0 Å². The smallest absolute Gasteiger partial charge is 0.306 e. The minimum atomic E-state index is -3.75. The van der Waals surface area contributed by atoms with Gasteiger partial charge in [0.2, 0.25) is 15.8 Å². The minimum Gasteiger partial charge on any atom is -0.497 e. The number of hydrogen-bond acceptors (Lipinski definition) is 10. The zero-order valence-corrected chi connectivity index (χ0v) is 19.2. The molecule has 1 aliphatic heterocycles. The summed E-state index contributed by atoms with van der Waals surface area (Å²) in [6, 6.07) is 11.5. The van der Waals surface area contributed by atoms with Gasteiger partial charge < -0.3 is 23.5 Å². The third-order valence-electron chi connectivity index (χ3n) is 4.84. The van der Waals surface area contributed by atoms with E-state index in [1.54, 1.807) is 37.4 Å². The molecule has 0 unspecified atom stereocenters. The second-order valence-electron chi connectivity index (χ2n) is 7.21. The van der Waals surface area contributed by atoms with E-state index in [0.717, 1.165) is 0 Å². The predicted molar refractivity (Wildman–Crippen MR) is 118 cm³/mol. The average Bonchev–Trinajstić information content (AvgIpc) is 3.34. The molecule has 0 atom stereocenters. The summed E-state index contributed by atoms with van der Waals surface area (Å²) in [5, 5.41) is 3.79. The summed E-state index contributed by atoms with van der Waals surface area (Å²) in [6.07, 6.45) is 0.277. The molecule has 2 aromatic carbocycles. The number of nitrogens with one attached hydrogen (secondary N) is 1. The Morgan fingerprint density at radius 3 is 2.62 bits per heavy atom. The first-order chi connectivity index (χ1) is 16.4. The monoisotopic (exact) mass is 489 g/mol.